The minimum atomic E-state index is -4.52. The Morgan fingerprint density at radius 2 is 0.664 bits per heavy atom. The number of carbonyl (C=O) groups excluding carboxylic acids is 4. The molecule has 1 atom stereocenters. The van der Waals surface area contributed by atoms with E-state index in [2.05, 4.69) is 20.6 Å². The van der Waals surface area contributed by atoms with E-state index in [1.807, 2.05) is 18.9 Å². The summed E-state index contributed by atoms with van der Waals surface area (Å²) >= 11 is 26.9. The maximum absolute atomic E-state index is 13.2. The molecule has 8 aromatic heterocycles. The van der Waals surface area contributed by atoms with Gasteiger partial charge in [-0.05, 0) is 194 Å². The summed E-state index contributed by atoms with van der Waals surface area (Å²) in [5.74, 6) is -6.15. The number of nitrogens with zero attached hydrogens (tertiary/aromatic N) is 4. The van der Waals surface area contributed by atoms with Crippen LogP contribution in [0.5, 0.6) is 46.0 Å². The second-order valence-electron chi connectivity index (χ2n) is 23.3. The molecule has 16 rings (SSSR count). The van der Waals surface area contributed by atoms with Crippen molar-refractivity contribution in [2.45, 2.75) is 100 Å². The standard InChI is InChI=1S/4C18H15ClN2O6S2/c4*1-9-5-13-14(26-8-25-13)7-11(9)6-12(22)17-15(3-4-28-17)29(23,24)21-18-16(19)10(2)20-27-18/h4*3-5,7,21H,6,8H2,1-2H3/i2D3,5D,7D,8D2;2D3,5D,7D,8D;2D3,5D,7D;1D3,2D3,8D2. The molecule has 0 bridgehead atoms. The molecular formula is C72H60Cl4N8O24S8. The van der Waals surface area contributed by atoms with Crippen LogP contribution >= 0.6 is 91.8 Å². The topological polar surface area (TPSA) is 431 Å². The average molecular weight is 1850 g/mol. The minimum Gasteiger partial charge on any atom is -0.454 e. The molecule has 116 heavy (non-hydrogen) atoms. The fourth-order valence-electron chi connectivity index (χ4n) is 10.1. The third-order valence-corrected chi connectivity index (χ3v) is 26.9. The molecule has 12 aromatic rings. The Labute approximate surface area is 732 Å². The van der Waals surface area contributed by atoms with Gasteiger partial charge >= 0.3 is 0 Å². The van der Waals surface area contributed by atoms with Crippen molar-refractivity contribution in [3.63, 3.8) is 0 Å². The largest absolute Gasteiger partial charge is 0.454 e. The van der Waals surface area contributed by atoms with Crippen LogP contribution in [0.2, 0.25) is 20.1 Å². The number of fused-ring (bicyclic) bond motifs is 4. The number of benzene rings is 4. The molecular weight excluding hydrogens is 1760 g/mol. The molecule has 4 aromatic carbocycles. The lowest BCUT2D eigenvalue weighted by molar-refractivity contribution is 0.0985. The van der Waals surface area contributed by atoms with E-state index < -0.39 is 218 Å². The summed E-state index contributed by atoms with van der Waals surface area (Å²) in [7, 11) is -17.9. The van der Waals surface area contributed by atoms with Gasteiger partial charge in [0.15, 0.2) is 69.1 Å². The third-order valence-electron chi connectivity index (χ3n) is 15.7. The van der Waals surface area contributed by atoms with E-state index in [-0.39, 0.29) is 159 Å². The van der Waals surface area contributed by atoms with Gasteiger partial charge in [-0.2, -0.15) is 0 Å². The van der Waals surface area contributed by atoms with E-state index in [0.29, 0.717) is 5.56 Å². The SMILES string of the molecule is [2H]C1([2H])Oc2cc(CC(=O)c3sccc3S(=O)(=O)Nc3onc(C([2H])([2H])[2H])c3Cl)c(C([2H])([2H])[2H])cc2O1.[2H]c1c(C)c(CC(=O)c2sccc2S(=O)(=O)Nc2onc(C([2H])([2H])[2H])c2Cl)c([2H])c2c1OC([2H])([2H])O2.[2H]c1c(C)c(CC(=O)c2sccc2S(=O)(=O)Nc2onc(C([2H])([2H])[2H])c2Cl)c([2H])c2c1OC([2H])O2.[2H]c1c(C)c(CC(=O)c2sccc2S(=O)(=O)Nc2onc(C([2H])([2H])[2H])c2Cl)c([2H])c2c1OCO2. The van der Waals surface area contributed by atoms with Crippen LogP contribution in [-0.2, 0) is 65.8 Å². The van der Waals surface area contributed by atoms with Gasteiger partial charge in [-0.1, -0.05) is 67.0 Å². The lowest BCUT2D eigenvalue weighted by Gasteiger charge is -2.09. The van der Waals surface area contributed by atoms with Crippen LogP contribution in [0.3, 0.4) is 0 Å². The van der Waals surface area contributed by atoms with Gasteiger partial charge in [0.1, 0.15) is 69.3 Å². The Bertz CT molecular complexity index is 7630. The Kier molecular flexibility index (Phi) is 16.5. The van der Waals surface area contributed by atoms with Crippen molar-refractivity contribution in [1.82, 2.24) is 20.6 Å². The molecule has 0 radical (unpaired) electrons. The Hall–Kier alpha value is -10.2. The zero-order chi connectivity index (χ0) is 105. The number of aryl methyl sites for hydroxylation is 5. The van der Waals surface area contributed by atoms with Crippen LogP contribution in [-0.4, -0.2) is 104 Å². The highest BCUT2D eigenvalue weighted by molar-refractivity contribution is 7.94. The van der Waals surface area contributed by atoms with E-state index in [0.717, 1.165) is 69.6 Å². The van der Waals surface area contributed by atoms with Gasteiger partial charge < -0.3 is 56.0 Å². The number of aromatic nitrogens is 4. The summed E-state index contributed by atoms with van der Waals surface area (Å²) in [6, 6.07) is 5.71. The molecule has 4 N–H and O–H groups in total. The first-order valence-electron chi connectivity index (χ1n) is 44.5. The van der Waals surface area contributed by atoms with Gasteiger partial charge in [0.25, 0.3) is 63.6 Å². The van der Waals surface area contributed by atoms with Crippen molar-refractivity contribution in [3.05, 3.63) is 201 Å². The van der Waals surface area contributed by atoms with Crippen LogP contribution in [0.4, 0.5) is 23.5 Å². The van der Waals surface area contributed by atoms with Gasteiger partial charge in [-0.25, -0.2) is 52.6 Å². The maximum atomic E-state index is 13.2. The summed E-state index contributed by atoms with van der Waals surface area (Å²) in [4.78, 5) is 49.9. The zero-order valence-corrected chi connectivity index (χ0v) is 67.3. The fourth-order valence-corrected chi connectivity index (χ4v) is 20.3. The smallest absolute Gasteiger partial charge is 0.265 e. The minimum absolute atomic E-state index is 0.0167. The number of Topliss-reactive ketones (excluding diaryl/α,β-unsaturated/α-hetero) is 4. The fraction of sp³-hybridized carbons (Fsp3) is 0.222. The zero-order valence-electron chi connectivity index (χ0n) is 83.8. The first-order valence-corrected chi connectivity index (χ1v) is 42.4. The molecule has 0 fully saturated rings. The Morgan fingerprint density at radius 3 is 0.983 bits per heavy atom. The van der Waals surface area contributed by atoms with Crippen molar-refractivity contribution in [3.8, 4) is 46.0 Å². The number of rotatable bonds is 24. The van der Waals surface area contributed by atoms with Crippen molar-refractivity contribution >= 4 is 179 Å². The highest BCUT2D eigenvalue weighted by atomic mass is 35.5. The second kappa shape index (κ2) is 34.1. The predicted octanol–water partition coefficient (Wildman–Crippen LogP) is 15.8. The van der Waals surface area contributed by atoms with Gasteiger partial charge in [0.05, 0.1) is 27.7 Å². The van der Waals surface area contributed by atoms with Crippen LogP contribution < -0.4 is 56.8 Å². The van der Waals surface area contributed by atoms with Gasteiger partial charge in [-0.3, -0.25) is 19.2 Å². The molecule has 0 saturated carbocycles. The first kappa shape index (κ1) is 56.2. The van der Waals surface area contributed by atoms with Crippen molar-refractivity contribution in [2.75, 3.05) is 45.9 Å². The molecule has 1 unspecified atom stereocenters. The van der Waals surface area contributed by atoms with E-state index >= 15 is 0 Å². The number of thiophene rings is 4. The normalized spacial score (nSPS) is 18.2. The quantitative estimate of drug-likeness (QED) is 0.0408. The Balaban J connectivity index is 0.000000159. The maximum Gasteiger partial charge on any atom is 0.265 e. The van der Waals surface area contributed by atoms with Crippen molar-refractivity contribution in [2.24, 2.45) is 0 Å². The van der Waals surface area contributed by atoms with E-state index in [1.54, 1.807) is 6.92 Å². The molecule has 44 heteroatoms. The number of ketones is 4. The molecule has 4 aliphatic rings. The summed E-state index contributed by atoms with van der Waals surface area (Å²) in [6.07, 6.45) is -1.85. The van der Waals surface area contributed by atoms with Gasteiger partial charge in [0.2, 0.25) is 27.1 Å². The predicted molar refractivity (Wildman–Crippen MR) is 427 cm³/mol. The number of nitrogens with one attached hydrogen (secondary N) is 4. The summed E-state index contributed by atoms with van der Waals surface area (Å²) in [5.41, 5.74) is -1.74. The molecule has 4 aliphatic heterocycles. The number of anilines is 4. The lowest BCUT2D eigenvalue weighted by Crippen LogP contribution is -2.16. The summed E-state index contributed by atoms with van der Waals surface area (Å²) in [5, 5.41) is 16.4. The molecule has 12 heterocycles. The van der Waals surface area contributed by atoms with Gasteiger partial charge in [-0.15, -0.1) is 45.3 Å². The van der Waals surface area contributed by atoms with Crippen LogP contribution in [0.25, 0.3) is 0 Å². The highest BCUT2D eigenvalue weighted by Gasteiger charge is 2.34. The van der Waals surface area contributed by atoms with Crippen LogP contribution in [0.15, 0.2) is 132 Å². The van der Waals surface area contributed by atoms with Crippen molar-refractivity contribution in [1.29, 1.82) is 0 Å². The van der Waals surface area contributed by atoms with E-state index in [1.165, 1.54) is 47.5 Å². The molecule has 0 amide bonds. The number of hydrogen-bond donors (Lipinski definition) is 4. The van der Waals surface area contributed by atoms with Crippen LogP contribution in [0.1, 0.15) is 142 Å². The van der Waals surface area contributed by atoms with Crippen molar-refractivity contribution < 1.29 is 144 Å². The first-order chi connectivity index (χ1) is 65.5. The molecule has 0 saturated heterocycles. The molecule has 32 nitrogen and oxygen atoms in total. The number of carbonyl (C=O) groups is 4. The number of hydrogen-bond acceptors (Lipinski definition) is 32. The Morgan fingerprint density at radius 1 is 0.388 bits per heavy atom. The van der Waals surface area contributed by atoms with E-state index in [4.69, 9.17) is 138 Å². The van der Waals surface area contributed by atoms with Gasteiger partial charge in [0, 0.05) is 46.2 Å². The molecule has 608 valence electrons. The lowest BCUT2D eigenvalue weighted by atomic mass is 10.0. The number of ether oxygens (including phenoxy) is 8. The van der Waals surface area contributed by atoms with Crippen LogP contribution in [0, 0.1) is 55.0 Å². The monoisotopic (exact) mass is 1840 g/mol. The highest BCUT2D eigenvalue weighted by Crippen LogP contribution is 2.42. The summed E-state index contributed by atoms with van der Waals surface area (Å²) in [6.45, 7) is -15.8. The molecule has 0 spiro atoms. The third kappa shape index (κ3) is 18.1. The second-order valence-corrected chi connectivity index (χ2v) is 35.1. The average Bonchev–Trinajstić information content (AvgIpc) is 1.59. The molecule has 0 aliphatic carbocycles. The van der Waals surface area contributed by atoms with E-state index in [9.17, 15) is 52.8 Å². The summed E-state index contributed by atoms with van der Waals surface area (Å²) < 4.78 is 370. The number of sulfonamides is 4. The number of halogens is 4.